The highest BCUT2D eigenvalue weighted by molar-refractivity contribution is 5.47. The van der Waals surface area contributed by atoms with E-state index in [1.807, 2.05) is 24.3 Å². The Hall–Kier alpha value is -4.12. The molecule has 0 saturated carbocycles. The second kappa shape index (κ2) is 24.1. The minimum atomic E-state index is 0.638. The van der Waals surface area contributed by atoms with Gasteiger partial charge in [-0.15, -0.1) is 0 Å². The number of benzene rings is 2. The zero-order valence-corrected chi connectivity index (χ0v) is 30.1. The summed E-state index contributed by atoms with van der Waals surface area (Å²) in [6, 6.07) is 7.78. The number of fused-ring (bicyclic) bond motifs is 2. The highest BCUT2D eigenvalue weighted by atomic mass is 16.5. The van der Waals surface area contributed by atoms with E-state index in [9.17, 15) is 0 Å². The monoisotopic (exact) mass is 648 g/mol. The maximum atomic E-state index is 6.24. The van der Waals surface area contributed by atoms with Crippen LogP contribution in [-0.4, -0.2) is 26.4 Å². The summed E-state index contributed by atoms with van der Waals surface area (Å²) in [5.74, 6) is 2.82. The average molecular weight is 649 g/mol. The van der Waals surface area contributed by atoms with E-state index in [0.29, 0.717) is 49.4 Å². The number of hydrogen-bond donors (Lipinski definition) is 0. The minimum absolute atomic E-state index is 0.638. The van der Waals surface area contributed by atoms with Gasteiger partial charge >= 0.3 is 0 Å². The van der Waals surface area contributed by atoms with Gasteiger partial charge in [0.25, 0.3) is 0 Å². The van der Waals surface area contributed by atoms with E-state index < -0.39 is 0 Å². The number of unbranched alkanes of at least 4 members (excludes halogenated alkanes) is 12. The molecule has 1 aliphatic carbocycles. The van der Waals surface area contributed by atoms with Crippen molar-refractivity contribution in [2.24, 2.45) is 0 Å². The van der Waals surface area contributed by atoms with Gasteiger partial charge in [-0.1, -0.05) is 128 Å². The summed E-state index contributed by atoms with van der Waals surface area (Å²) < 4.78 is 25.0. The van der Waals surface area contributed by atoms with Gasteiger partial charge < -0.3 is 18.9 Å². The molecule has 3 rings (SSSR count). The first kappa shape index (κ1) is 38.3. The normalized spacial score (nSPS) is 10.9. The van der Waals surface area contributed by atoms with E-state index in [4.69, 9.17) is 18.9 Å². The fourth-order valence-electron chi connectivity index (χ4n) is 5.22. The van der Waals surface area contributed by atoms with Crippen LogP contribution in [0.2, 0.25) is 0 Å². The first-order valence-electron chi connectivity index (χ1n) is 18.6. The molecule has 0 bridgehead atoms. The molecule has 0 amide bonds. The molecule has 0 aromatic heterocycles. The molecule has 0 aliphatic heterocycles. The van der Waals surface area contributed by atoms with Gasteiger partial charge in [0, 0.05) is 45.1 Å². The predicted molar refractivity (Wildman–Crippen MR) is 198 cm³/mol. The maximum absolute atomic E-state index is 6.24. The SMILES string of the molecule is CCCCCCOc1cc2c(cc1OCCCCCC)=C=C=C=C=c1cc(OCCCCCC)c(OCCCCCC)cc1=C=C=C=C=2. The van der Waals surface area contributed by atoms with Crippen molar-refractivity contribution in [2.45, 2.75) is 130 Å². The third kappa shape index (κ3) is 14.3. The van der Waals surface area contributed by atoms with Crippen LogP contribution >= 0.6 is 0 Å². The second-order valence-corrected chi connectivity index (χ2v) is 12.3. The lowest BCUT2D eigenvalue weighted by atomic mass is 10.2. The van der Waals surface area contributed by atoms with Crippen LogP contribution in [-0.2, 0) is 0 Å². The summed E-state index contributed by atoms with van der Waals surface area (Å²) in [5.41, 5.74) is 25.2. The van der Waals surface area contributed by atoms with E-state index in [1.54, 1.807) is 0 Å². The molecule has 0 unspecified atom stereocenters. The van der Waals surface area contributed by atoms with Gasteiger partial charge in [-0.05, 0) is 48.6 Å². The van der Waals surface area contributed by atoms with Gasteiger partial charge in [-0.2, -0.15) is 0 Å². The van der Waals surface area contributed by atoms with Crippen molar-refractivity contribution < 1.29 is 18.9 Å². The maximum Gasteiger partial charge on any atom is 0.162 e. The number of ether oxygens (including phenoxy) is 4. The van der Waals surface area contributed by atoms with E-state index in [1.165, 1.54) is 51.4 Å². The molecule has 2 aromatic rings. The lowest BCUT2D eigenvalue weighted by Gasteiger charge is -2.13. The van der Waals surface area contributed by atoms with Crippen LogP contribution in [0, 0.1) is 0 Å². The van der Waals surface area contributed by atoms with Crippen molar-refractivity contribution in [3.63, 3.8) is 0 Å². The van der Waals surface area contributed by atoms with Crippen molar-refractivity contribution in [3.05, 3.63) is 68.1 Å². The highest BCUT2D eigenvalue weighted by Gasteiger charge is 2.09. The summed E-state index contributed by atoms with van der Waals surface area (Å²) in [5, 5.41) is 3.02. The first-order valence-corrected chi connectivity index (χ1v) is 18.6. The van der Waals surface area contributed by atoms with Gasteiger partial charge in [-0.25, -0.2) is 0 Å². The van der Waals surface area contributed by atoms with Crippen LogP contribution in [0.4, 0.5) is 0 Å². The summed E-state index contributed by atoms with van der Waals surface area (Å²) in [4.78, 5) is 0. The first-order chi connectivity index (χ1) is 23.7. The van der Waals surface area contributed by atoms with Crippen molar-refractivity contribution in [3.8, 4) is 23.0 Å². The van der Waals surface area contributed by atoms with Crippen LogP contribution in [0.15, 0.2) is 47.2 Å². The van der Waals surface area contributed by atoms with Crippen molar-refractivity contribution >= 4 is 22.9 Å². The topological polar surface area (TPSA) is 36.9 Å². The second-order valence-electron chi connectivity index (χ2n) is 12.3. The molecular weight excluding hydrogens is 592 g/mol. The molecule has 0 spiro atoms. The Kier molecular flexibility index (Phi) is 19.2. The van der Waals surface area contributed by atoms with Crippen molar-refractivity contribution in [1.82, 2.24) is 0 Å². The largest absolute Gasteiger partial charge is 0.490 e. The van der Waals surface area contributed by atoms with Crippen molar-refractivity contribution in [1.29, 1.82) is 0 Å². The summed E-state index contributed by atoms with van der Waals surface area (Å²) in [7, 11) is 0. The fraction of sp³-hybridized carbons (Fsp3) is 0.545. The molecule has 0 atom stereocenters. The van der Waals surface area contributed by atoms with Crippen LogP contribution in [0.25, 0.3) is 22.9 Å². The molecule has 0 N–H and O–H groups in total. The highest BCUT2D eigenvalue weighted by Crippen LogP contribution is 2.25. The quantitative estimate of drug-likeness (QED) is 0.0721. The van der Waals surface area contributed by atoms with Crippen LogP contribution in [0.5, 0.6) is 23.0 Å². The average Bonchev–Trinajstić information content (AvgIpc) is 3.09. The third-order valence-corrected chi connectivity index (χ3v) is 8.10. The third-order valence-electron chi connectivity index (χ3n) is 8.10. The number of rotatable bonds is 24. The van der Waals surface area contributed by atoms with Crippen molar-refractivity contribution in [2.75, 3.05) is 26.4 Å². The lowest BCUT2D eigenvalue weighted by molar-refractivity contribution is 0.258. The Morgan fingerprint density at radius 3 is 0.771 bits per heavy atom. The van der Waals surface area contributed by atoms with E-state index >= 15 is 0 Å². The van der Waals surface area contributed by atoms with E-state index in [0.717, 1.165) is 72.2 Å². The zero-order valence-electron chi connectivity index (χ0n) is 30.1. The van der Waals surface area contributed by atoms with Gasteiger partial charge in [0.15, 0.2) is 23.0 Å². The molecule has 0 saturated heterocycles. The summed E-state index contributed by atoms with van der Waals surface area (Å²) >= 11 is 0. The fourth-order valence-corrected chi connectivity index (χ4v) is 5.22. The summed E-state index contributed by atoms with van der Waals surface area (Å²) in [6.45, 7) is 11.4. The Morgan fingerprint density at radius 1 is 0.333 bits per heavy atom. The zero-order chi connectivity index (χ0) is 34.1. The smallest absolute Gasteiger partial charge is 0.162 e. The Morgan fingerprint density at radius 2 is 0.562 bits per heavy atom. The van der Waals surface area contributed by atoms with Gasteiger partial charge in [0.2, 0.25) is 0 Å². The molecule has 4 heteroatoms. The molecular formula is C44H56O4. The van der Waals surface area contributed by atoms with Gasteiger partial charge in [0.1, 0.15) is 0 Å². The van der Waals surface area contributed by atoms with Crippen LogP contribution in [0.1, 0.15) is 130 Å². The predicted octanol–water partition coefficient (Wildman–Crippen LogP) is 8.49. The molecule has 1 aliphatic rings. The molecule has 0 heterocycles. The van der Waals surface area contributed by atoms with Gasteiger partial charge in [-0.3, -0.25) is 0 Å². The number of hydrogen-bond acceptors (Lipinski definition) is 4. The molecule has 4 nitrogen and oxygen atoms in total. The Balaban J connectivity index is 2.11. The summed E-state index contributed by atoms with van der Waals surface area (Å²) in [6.07, 6.45) is 18.2. The molecule has 2 aromatic carbocycles. The molecule has 0 fully saturated rings. The molecule has 256 valence electrons. The van der Waals surface area contributed by atoms with E-state index in [2.05, 4.69) is 73.5 Å². The Bertz CT molecular complexity index is 1510. The molecule has 48 heavy (non-hydrogen) atoms. The van der Waals surface area contributed by atoms with E-state index in [-0.39, 0.29) is 0 Å². The standard InChI is InChI=1S/C44H56O4/c1-5-9-13-21-29-45-41-33-37-25-17-18-27-39-35-43(47-31-23-15-11-7-3)44(48-32-24-16-12-8-4)36-40(39)28-20-19-26-38(37)34-42(41)46-30-22-14-10-6-2/h33-36H,5-16,21-24,29-32H2,1-4H3. The van der Waals surface area contributed by atoms with Gasteiger partial charge in [0.05, 0.1) is 26.4 Å². The Labute approximate surface area is 289 Å². The molecule has 0 radical (unpaired) electrons. The van der Waals surface area contributed by atoms with Crippen LogP contribution in [0.3, 0.4) is 0 Å². The lowest BCUT2D eigenvalue weighted by Crippen LogP contribution is -2.23. The minimum Gasteiger partial charge on any atom is -0.490 e. The van der Waals surface area contributed by atoms with Crippen LogP contribution < -0.4 is 39.8 Å².